The summed E-state index contributed by atoms with van der Waals surface area (Å²) in [6.45, 7) is 4.15. The van der Waals surface area contributed by atoms with Crippen molar-refractivity contribution in [3.8, 4) is 0 Å². The van der Waals surface area contributed by atoms with Gasteiger partial charge in [-0.05, 0) is 36.7 Å². The predicted octanol–water partition coefficient (Wildman–Crippen LogP) is 4.36. The molecule has 0 spiro atoms. The standard InChI is InChI=1S/C15H17N3S2/c1-10-14(11(2)18(3)17-10)16-15(12-6-4-8-19-12)13-7-5-9-20-13/h4-9,15-16H,1-3H3. The predicted molar refractivity (Wildman–Crippen MR) is 86.8 cm³/mol. The average Bonchev–Trinajstić information content (AvgIpc) is 3.14. The summed E-state index contributed by atoms with van der Waals surface area (Å²) in [5.74, 6) is 0. The third-order valence-electron chi connectivity index (χ3n) is 3.45. The minimum atomic E-state index is 0.205. The Balaban J connectivity index is 1.99. The second-order valence-corrected chi connectivity index (χ2v) is 6.74. The number of nitrogens with one attached hydrogen (secondary N) is 1. The van der Waals surface area contributed by atoms with Gasteiger partial charge >= 0.3 is 0 Å². The number of aromatic nitrogens is 2. The van der Waals surface area contributed by atoms with Gasteiger partial charge < -0.3 is 5.32 Å². The molecule has 0 amide bonds. The van der Waals surface area contributed by atoms with E-state index in [1.165, 1.54) is 15.4 Å². The zero-order valence-electron chi connectivity index (χ0n) is 11.8. The minimum absolute atomic E-state index is 0.205. The maximum absolute atomic E-state index is 4.49. The molecule has 0 aromatic carbocycles. The van der Waals surface area contributed by atoms with Crippen molar-refractivity contribution in [1.82, 2.24) is 9.78 Å². The van der Waals surface area contributed by atoms with Crippen LogP contribution in [0.3, 0.4) is 0 Å². The van der Waals surface area contributed by atoms with Gasteiger partial charge in [-0.25, -0.2) is 0 Å². The fourth-order valence-electron chi connectivity index (χ4n) is 2.32. The zero-order chi connectivity index (χ0) is 14.1. The number of aryl methyl sites for hydroxylation is 2. The molecule has 1 N–H and O–H groups in total. The Kier molecular flexibility index (Phi) is 3.63. The van der Waals surface area contributed by atoms with Gasteiger partial charge in [-0.15, -0.1) is 22.7 Å². The summed E-state index contributed by atoms with van der Waals surface area (Å²) in [5, 5.41) is 12.4. The van der Waals surface area contributed by atoms with Crippen molar-refractivity contribution in [1.29, 1.82) is 0 Å². The summed E-state index contributed by atoms with van der Waals surface area (Å²) in [4.78, 5) is 2.66. The molecule has 20 heavy (non-hydrogen) atoms. The first-order valence-electron chi connectivity index (χ1n) is 6.50. The van der Waals surface area contributed by atoms with Crippen LogP contribution in [0.4, 0.5) is 5.69 Å². The molecule has 5 heteroatoms. The third kappa shape index (κ3) is 2.39. The van der Waals surface area contributed by atoms with Crippen molar-refractivity contribution in [2.75, 3.05) is 5.32 Å². The molecule has 0 bridgehead atoms. The molecule has 0 aliphatic heterocycles. The van der Waals surface area contributed by atoms with E-state index in [0.717, 1.165) is 11.4 Å². The van der Waals surface area contributed by atoms with E-state index in [4.69, 9.17) is 0 Å². The summed E-state index contributed by atoms with van der Waals surface area (Å²) < 4.78 is 1.93. The van der Waals surface area contributed by atoms with Gasteiger partial charge in [-0.1, -0.05) is 12.1 Å². The molecular formula is C15H17N3S2. The molecule has 0 aliphatic rings. The average molecular weight is 303 g/mol. The smallest absolute Gasteiger partial charge is 0.0954 e. The van der Waals surface area contributed by atoms with Gasteiger partial charge in [0, 0.05) is 16.8 Å². The lowest BCUT2D eigenvalue weighted by molar-refractivity contribution is 0.731. The largest absolute Gasteiger partial charge is 0.370 e. The van der Waals surface area contributed by atoms with Crippen LogP contribution in [-0.2, 0) is 7.05 Å². The second kappa shape index (κ2) is 5.42. The van der Waals surface area contributed by atoms with Crippen LogP contribution in [0, 0.1) is 13.8 Å². The van der Waals surface area contributed by atoms with Crippen molar-refractivity contribution in [2.24, 2.45) is 7.05 Å². The minimum Gasteiger partial charge on any atom is -0.370 e. The van der Waals surface area contributed by atoms with Crippen LogP contribution >= 0.6 is 22.7 Å². The molecular weight excluding hydrogens is 286 g/mol. The highest BCUT2D eigenvalue weighted by Crippen LogP contribution is 2.34. The van der Waals surface area contributed by atoms with E-state index in [9.17, 15) is 0 Å². The van der Waals surface area contributed by atoms with Gasteiger partial charge in [-0.3, -0.25) is 4.68 Å². The van der Waals surface area contributed by atoms with Crippen molar-refractivity contribution in [2.45, 2.75) is 19.9 Å². The van der Waals surface area contributed by atoms with E-state index in [1.807, 2.05) is 11.7 Å². The molecule has 0 saturated carbocycles. The van der Waals surface area contributed by atoms with Crippen LogP contribution in [-0.4, -0.2) is 9.78 Å². The molecule has 104 valence electrons. The van der Waals surface area contributed by atoms with Gasteiger partial charge in [0.05, 0.1) is 23.1 Å². The Morgan fingerprint density at radius 3 is 2.10 bits per heavy atom. The van der Waals surface area contributed by atoms with Crippen molar-refractivity contribution in [3.63, 3.8) is 0 Å². The SMILES string of the molecule is Cc1nn(C)c(C)c1NC(c1cccs1)c1cccs1. The van der Waals surface area contributed by atoms with Gasteiger partial charge in [0.2, 0.25) is 0 Å². The third-order valence-corrected chi connectivity index (χ3v) is 5.33. The van der Waals surface area contributed by atoms with Gasteiger partial charge in [-0.2, -0.15) is 5.10 Å². The van der Waals surface area contributed by atoms with Crippen LogP contribution in [0.5, 0.6) is 0 Å². The summed E-state index contributed by atoms with van der Waals surface area (Å²) in [6, 6.07) is 8.78. The lowest BCUT2D eigenvalue weighted by Crippen LogP contribution is -2.10. The van der Waals surface area contributed by atoms with E-state index >= 15 is 0 Å². The molecule has 0 atom stereocenters. The van der Waals surface area contributed by atoms with Crippen LogP contribution < -0.4 is 5.32 Å². The molecule has 3 nitrogen and oxygen atoms in total. The van der Waals surface area contributed by atoms with E-state index in [0.29, 0.717) is 0 Å². The highest BCUT2D eigenvalue weighted by molar-refractivity contribution is 7.11. The van der Waals surface area contributed by atoms with Gasteiger partial charge in [0.15, 0.2) is 0 Å². The highest BCUT2D eigenvalue weighted by Gasteiger charge is 2.19. The van der Waals surface area contributed by atoms with E-state index in [1.54, 1.807) is 22.7 Å². The maximum Gasteiger partial charge on any atom is 0.0954 e. The Labute approximate surface area is 126 Å². The topological polar surface area (TPSA) is 29.9 Å². The number of nitrogens with zero attached hydrogens (tertiary/aromatic N) is 2. The number of anilines is 1. The van der Waals surface area contributed by atoms with Crippen LogP contribution in [0.15, 0.2) is 35.0 Å². The van der Waals surface area contributed by atoms with Crippen molar-refractivity contribution in [3.05, 3.63) is 56.2 Å². The molecule has 3 aromatic rings. The molecule has 3 heterocycles. The lowest BCUT2D eigenvalue weighted by Gasteiger charge is -2.18. The molecule has 0 unspecified atom stereocenters. The van der Waals surface area contributed by atoms with Crippen LogP contribution in [0.2, 0.25) is 0 Å². The first-order valence-corrected chi connectivity index (χ1v) is 8.26. The van der Waals surface area contributed by atoms with Crippen LogP contribution in [0.25, 0.3) is 0 Å². The monoisotopic (exact) mass is 303 g/mol. The first-order chi connectivity index (χ1) is 9.66. The molecule has 3 aromatic heterocycles. The Hall–Kier alpha value is -1.59. The lowest BCUT2D eigenvalue weighted by atomic mass is 10.1. The number of hydrogen-bond donors (Lipinski definition) is 1. The first kappa shape index (κ1) is 13.4. The van der Waals surface area contributed by atoms with Gasteiger partial charge in [0.1, 0.15) is 0 Å². The van der Waals surface area contributed by atoms with E-state index in [-0.39, 0.29) is 6.04 Å². The quantitative estimate of drug-likeness (QED) is 0.776. The van der Waals surface area contributed by atoms with Gasteiger partial charge in [0.25, 0.3) is 0 Å². The van der Waals surface area contributed by atoms with E-state index in [2.05, 4.69) is 59.3 Å². The normalized spacial score (nSPS) is 11.2. The van der Waals surface area contributed by atoms with Crippen LogP contribution in [0.1, 0.15) is 27.2 Å². The fourth-order valence-corrected chi connectivity index (χ4v) is 3.98. The zero-order valence-corrected chi connectivity index (χ0v) is 13.4. The van der Waals surface area contributed by atoms with E-state index < -0.39 is 0 Å². The molecule has 0 fully saturated rings. The maximum atomic E-state index is 4.49. The van der Waals surface area contributed by atoms with Crippen molar-refractivity contribution >= 4 is 28.4 Å². The molecule has 3 rings (SSSR count). The summed E-state index contributed by atoms with van der Waals surface area (Å²) >= 11 is 3.57. The molecule has 0 aliphatic carbocycles. The Morgan fingerprint density at radius 1 is 1.10 bits per heavy atom. The summed E-state index contributed by atoms with van der Waals surface area (Å²) in [7, 11) is 1.98. The van der Waals surface area contributed by atoms with Crippen molar-refractivity contribution < 1.29 is 0 Å². The molecule has 0 radical (unpaired) electrons. The number of hydrogen-bond acceptors (Lipinski definition) is 4. The molecule has 0 saturated heterocycles. The Morgan fingerprint density at radius 2 is 1.70 bits per heavy atom. The number of rotatable bonds is 4. The summed E-state index contributed by atoms with van der Waals surface area (Å²) in [6.07, 6.45) is 0. The fraction of sp³-hybridized carbons (Fsp3) is 0.267. The highest BCUT2D eigenvalue weighted by atomic mass is 32.1. The summed E-state index contributed by atoms with van der Waals surface area (Å²) in [5.41, 5.74) is 3.35. The Bertz CT molecular complexity index is 647. The second-order valence-electron chi connectivity index (χ2n) is 4.78. The number of thiophene rings is 2.